The van der Waals surface area contributed by atoms with E-state index in [2.05, 4.69) is 9.97 Å². The third kappa shape index (κ3) is 2.46. The number of imidazole rings is 1. The maximum Gasteiger partial charge on any atom is 0.193 e. The number of nitrogens with zero attached hydrogens (tertiary/aromatic N) is 1. The number of carbonyl (C=O) groups excluding carboxylic acids is 1. The van der Waals surface area contributed by atoms with Crippen LogP contribution in [0.5, 0.6) is 5.75 Å². The lowest BCUT2D eigenvalue weighted by atomic mass is 10.1. The highest BCUT2D eigenvalue weighted by Crippen LogP contribution is 2.25. The molecule has 1 aromatic heterocycles. The highest BCUT2D eigenvalue weighted by atomic mass is 16.5. The van der Waals surface area contributed by atoms with E-state index in [-0.39, 0.29) is 5.78 Å². The number of hydrogen-bond donors (Lipinski definition) is 2. The minimum absolute atomic E-state index is 0.335. The highest BCUT2D eigenvalue weighted by molar-refractivity contribution is 6.08. The molecule has 5 nitrogen and oxygen atoms in total. The molecule has 0 aliphatic carbocycles. The Morgan fingerprint density at radius 3 is 2.59 bits per heavy atom. The number of ketones is 1. The number of aliphatic hydroxyl groups is 1. The summed E-state index contributed by atoms with van der Waals surface area (Å²) in [6.07, 6.45) is -1.05. The summed E-state index contributed by atoms with van der Waals surface area (Å²) in [5.74, 6) is 1.10. The van der Waals surface area contributed by atoms with Crippen LogP contribution in [0.15, 0.2) is 42.5 Å². The number of hydrogen-bond acceptors (Lipinski definition) is 4. The van der Waals surface area contributed by atoms with Crippen LogP contribution in [-0.2, 0) is 0 Å². The number of aromatic nitrogens is 2. The number of carbonyl (C=O) groups is 1. The van der Waals surface area contributed by atoms with Gasteiger partial charge in [-0.3, -0.25) is 4.79 Å². The lowest BCUT2D eigenvalue weighted by Crippen LogP contribution is -2.16. The van der Waals surface area contributed by atoms with Gasteiger partial charge in [0, 0.05) is 11.1 Å². The number of rotatable bonds is 4. The first-order chi connectivity index (χ1) is 10.6. The average Bonchev–Trinajstić information content (AvgIpc) is 2.98. The van der Waals surface area contributed by atoms with Crippen LogP contribution in [0, 0.1) is 0 Å². The Labute approximate surface area is 127 Å². The number of Topliss-reactive ketones (excluding diaryl/α,β-unsaturated/α-hetero) is 1. The minimum Gasteiger partial charge on any atom is -0.497 e. The van der Waals surface area contributed by atoms with Crippen molar-refractivity contribution in [2.75, 3.05) is 7.11 Å². The predicted octanol–water partition coefficient (Wildman–Crippen LogP) is 2.80. The maximum absolute atomic E-state index is 12.1. The zero-order valence-corrected chi connectivity index (χ0v) is 12.3. The van der Waals surface area contributed by atoms with Crippen LogP contribution < -0.4 is 4.74 Å². The van der Waals surface area contributed by atoms with Crippen molar-refractivity contribution in [3.05, 3.63) is 48.0 Å². The standard InChI is InChI=1S/C17H16N2O3/c1-10(20)16(21)13-4-3-5-14-15(13)19-17(18-14)11-6-8-12(22-2)9-7-11/h3-10,20H,1-2H3,(H,18,19). The van der Waals surface area contributed by atoms with Gasteiger partial charge in [-0.1, -0.05) is 6.07 Å². The molecule has 22 heavy (non-hydrogen) atoms. The van der Waals surface area contributed by atoms with Crippen LogP contribution >= 0.6 is 0 Å². The Bertz CT molecular complexity index is 820. The van der Waals surface area contributed by atoms with Crippen LogP contribution in [0.25, 0.3) is 22.4 Å². The molecule has 0 amide bonds. The average molecular weight is 296 g/mol. The Morgan fingerprint density at radius 2 is 1.95 bits per heavy atom. The second-order valence-corrected chi connectivity index (χ2v) is 5.06. The Hall–Kier alpha value is -2.66. The minimum atomic E-state index is -1.05. The van der Waals surface area contributed by atoms with Crippen molar-refractivity contribution < 1.29 is 14.6 Å². The molecule has 112 valence electrons. The molecule has 2 aromatic carbocycles. The molecule has 0 aliphatic rings. The maximum atomic E-state index is 12.1. The summed E-state index contributed by atoms with van der Waals surface area (Å²) in [6, 6.07) is 12.8. The first-order valence-corrected chi connectivity index (χ1v) is 6.95. The van der Waals surface area contributed by atoms with Crippen molar-refractivity contribution >= 4 is 16.8 Å². The lowest BCUT2D eigenvalue weighted by Gasteiger charge is -2.03. The van der Waals surface area contributed by atoms with Crippen molar-refractivity contribution in [2.45, 2.75) is 13.0 Å². The second-order valence-electron chi connectivity index (χ2n) is 5.06. The van der Waals surface area contributed by atoms with E-state index in [0.29, 0.717) is 16.9 Å². The third-order valence-corrected chi connectivity index (χ3v) is 3.52. The van der Waals surface area contributed by atoms with Crippen molar-refractivity contribution in [1.82, 2.24) is 9.97 Å². The SMILES string of the molecule is COc1ccc(-c2nc3c(C(=O)C(C)O)cccc3[nH]2)cc1. The number of benzene rings is 2. The second kappa shape index (κ2) is 5.61. The number of aliphatic hydroxyl groups excluding tert-OH is 1. The van der Waals surface area contributed by atoms with Crippen molar-refractivity contribution in [3.8, 4) is 17.1 Å². The highest BCUT2D eigenvalue weighted by Gasteiger charge is 2.17. The number of methoxy groups -OCH3 is 1. The fourth-order valence-corrected chi connectivity index (χ4v) is 2.34. The molecule has 0 saturated carbocycles. The van der Waals surface area contributed by atoms with Crippen LogP contribution in [0.2, 0.25) is 0 Å². The van der Waals surface area contributed by atoms with E-state index in [1.807, 2.05) is 30.3 Å². The van der Waals surface area contributed by atoms with Gasteiger partial charge in [0.1, 0.15) is 17.7 Å². The third-order valence-electron chi connectivity index (χ3n) is 3.52. The smallest absolute Gasteiger partial charge is 0.193 e. The van der Waals surface area contributed by atoms with Crippen molar-refractivity contribution in [3.63, 3.8) is 0 Å². The molecule has 0 aliphatic heterocycles. The first-order valence-electron chi connectivity index (χ1n) is 6.95. The molecule has 2 N–H and O–H groups in total. The molecule has 1 heterocycles. The van der Waals surface area contributed by atoms with E-state index >= 15 is 0 Å². The van der Waals surface area contributed by atoms with Gasteiger partial charge in [0.15, 0.2) is 5.78 Å². The Morgan fingerprint density at radius 1 is 1.23 bits per heavy atom. The number of fused-ring (bicyclic) bond motifs is 1. The van der Waals surface area contributed by atoms with E-state index in [1.165, 1.54) is 6.92 Å². The number of H-pyrrole nitrogens is 1. The van der Waals surface area contributed by atoms with E-state index < -0.39 is 6.10 Å². The van der Waals surface area contributed by atoms with Crippen LogP contribution in [0.1, 0.15) is 17.3 Å². The molecule has 0 fully saturated rings. The number of ether oxygens (including phenoxy) is 1. The molecule has 3 aromatic rings. The van der Waals surface area contributed by atoms with Gasteiger partial charge in [-0.2, -0.15) is 0 Å². The Kier molecular flexibility index (Phi) is 3.65. The molecule has 0 saturated heterocycles. The molecule has 1 unspecified atom stereocenters. The zero-order chi connectivity index (χ0) is 15.7. The van der Waals surface area contributed by atoms with Gasteiger partial charge in [0.05, 0.1) is 18.1 Å². The van der Waals surface area contributed by atoms with Gasteiger partial charge in [-0.15, -0.1) is 0 Å². The van der Waals surface area contributed by atoms with Gasteiger partial charge in [-0.25, -0.2) is 4.98 Å². The molecule has 0 spiro atoms. The van der Waals surface area contributed by atoms with Crippen LogP contribution in [0.4, 0.5) is 0 Å². The number of para-hydroxylation sites is 1. The van der Waals surface area contributed by atoms with E-state index in [0.717, 1.165) is 16.8 Å². The summed E-state index contributed by atoms with van der Waals surface area (Å²) in [5, 5.41) is 9.51. The van der Waals surface area contributed by atoms with E-state index in [4.69, 9.17) is 4.74 Å². The summed E-state index contributed by atoms with van der Waals surface area (Å²) < 4.78 is 5.14. The van der Waals surface area contributed by atoms with Gasteiger partial charge in [0.25, 0.3) is 0 Å². The quantitative estimate of drug-likeness (QED) is 0.726. The summed E-state index contributed by atoms with van der Waals surface area (Å²) in [7, 11) is 1.62. The number of aromatic amines is 1. The molecular weight excluding hydrogens is 280 g/mol. The topological polar surface area (TPSA) is 75.2 Å². The molecule has 1 atom stereocenters. The summed E-state index contributed by atoms with van der Waals surface area (Å²) >= 11 is 0. The first kappa shape index (κ1) is 14.3. The molecule has 5 heteroatoms. The van der Waals surface area contributed by atoms with Gasteiger partial charge in [0.2, 0.25) is 0 Å². The van der Waals surface area contributed by atoms with Gasteiger partial charge < -0.3 is 14.8 Å². The lowest BCUT2D eigenvalue weighted by molar-refractivity contribution is 0.0781. The molecule has 0 bridgehead atoms. The van der Waals surface area contributed by atoms with Crippen molar-refractivity contribution in [2.24, 2.45) is 0 Å². The summed E-state index contributed by atoms with van der Waals surface area (Å²) in [6.45, 7) is 1.46. The van der Waals surface area contributed by atoms with Crippen LogP contribution in [-0.4, -0.2) is 34.1 Å². The molecular formula is C17H16N2O3. The monoisotopic (exact) mass is 296 g/mol. The largest absolute Gasteiger partial charge is 0.497 e. The van der Waals surface area contributed by atoms with Gasteiger partial charge >= 0.3 is 0 Å². The normalized spacial score (nSPS) is 12.3. The Balaban J connectivity index is 2.09. The fraction of sp³-hybridized carbons (Fsp3) is 0.176. The summed E-state index contributed by atoms with van der Waals surface area (Å²) in [4.78, 5) is 19.8. The molecule has 3 rings (SSSR count). The van der Waals surface area contributed by atoms with Crippen LogP contribution in [0.3, 0.4) is 0 Å². The van der Waals surface area contributed by atoms with Crippen molar-refractivity contribution in [1.29, 1.82) is 0 Å². The fourth-order valence-electron chi connectivity index (χ4n) is 2.34. The number of nitrogens with one attached hydrogen (secondary N) is 1. The van der Waals surface area contributed by atoms with E-state index in [9.17, 15) is 9.90 Å². The predicted molar refractivity (Wildman–Crippen MR) is 84.1 cm³/mol. The van der Waals surface area contributed by atoms with E-state index in [1.54, 1.807) is 19.2 Å². The van der Waals surface area contributed by atoms with Gasteiger partial charge in [-0.05, 0) is 43.3 Å². The summed E-state index contributed by atoms with van der Waals surface area (Å²) in [5.41, 5.74) is 2.65. The zero-order valence-electron chi connectivity index (χ0n) is 12.3. The molecule has 0 radical (unpaired) electrons.